The number of rotatable bonds is 6. The van der Waals surface area contributed by atoms with E-state index in [0.717, 1.165) is 32.1 Å². The number of hydrogen-bond donors (Lipinski definition) is 2. The van der Waals surface area contributed by atoms with Crippen molar-refractivity contribution < 1.29 is 9.59 Å². The van der Waals surface area contributed by atoms with Gasteiger partial charge in [-0.1, -0.05) is 0 Å². The van der Waals surface area contributed by atoms with Gasteiger partial charge in [-0.3, -0.25) is 14.6 Å². The Bertz CT molecular complexity index is 337. The topological polar surface area (TPSA) is 64.7 Å². The molecule has 0 bridgehead atoms. The number of carbonyl (C=O) groups excluding carboxylic acids is 2. The van der Waals surface area contributed by atoms with Gasteiger partial charge < -0.3 is 10.6 Å². The molecule has 6 heteroatoms. The zero-order valence-electron chi connectivity index (χ0n) is 12.5. The van der Waals surface area contributed by atoms with Gasteiger partial charge in [0, 0.05) is 25.7 Å². The highest BCUT2D eigenvalue weighted by Gasteiger charge is 2.29. The average Bonchev–Trinajstić information content (AvgIpc) is 2.75. The molecular weight excluding hydrogens is 256 g/mol. The molecule has 0 radical (unpaired) electrons. The van der Waals surface area contributed by atoms with Gasteiger partial charge >= 0.3 is 6.03 Å². The summed E-state index contributed by atoms with van der Waals surface area (Å²) in [6, 6.07) is 0.186. The number of urea groups is 1. The largest absolute Gasteiger partial charge is 0.329 e. The zero-order valence-corrected chi connectivity index (χ0v) is 12.5. The van der Waals surface area contributed by atoms with Crippen molar-refractivity contribution in [2.24, 2.45) is 5.92 Å². The van der Waals surface area contributed by atoms with Gasteiger partial charge in [-0.2, -0.15) is 0 Å². The van der Waals surface area contributed by atoms with E-state index >= 15 is 0 Å². The summed E-state index contributed by atoms with van der Waals surface area (Å²) in [5.41, 5.74) is 0. The minimum absolute atomic E-state index is 0.111. The summed E-state index contributed by atoms with van der Waals surface area (Å²) in [5.74, 6) is 0.613. The number of piperidine rings is 1. The Labute approximate surface area is 120 Å². The molecule has 0 aliphatic carbocycles. The monoisotopic (exact) mass is 282 g/mol. The lowest BCUT2D eigenvalue weighted by Gasteiger charge is -2.33. The number of hydrogen-bond acceptors (Lipinski definition) is 4. The van der Waals surface area contributed by atoms with Crippen molar-refractivity contribution in [1.82, 2.24) is 20.4 Å². The third-order valence-corrected chi connectivity index (χ3v) is 4.23. The highest BCUT2D eigenvalue weighted by atomic mass is 16.2. The van der Waals surface area contributed by atoms with Crippen LogP contribution in [0.5, 0.6) is 0 Å². The molecule has 3 amide bonds. The van der Waals surface area contributed by atoms with Crippen LogP contribution in [0.4, 0.5) is 4.79 Å². The summed E-state index contributed by atoms with van der Waals surface area (Å²) >= 11 is 0. The Hall–Kier alpha value is -1.14. The molecule has 20 heavy (non-hydrogen) atoms. The van der Waals surface area contributed by atoms with Gasteiger partial charge in [-0.05, 0) is 45.7 Å². The van der Waals surface area contributed by atoms with Crippen LogP contribution in [0.1, 0.15) is 26.7 Å². The molecule has 2 N–H and O–H groups in total. The molecule has 6 nitrogen and oxygen atoms in total. The molecule has 114 valence electrons. The number of nitrogens with one attached hydrogen (secondary N) is 2. The summed E-state index contributed by atoms with van der Waals surface area (Å²) in [5, 5.41) is 5.95. The minimum Gasteiger partial charge on any atom is -0.329 e. The van der Waals surface area contributed by atoms with E-state index in [-0.39, 0.29) is 18.5 Å². The Morgan fingerprint density at radius 2 is 2.00 bits per heavy atom. The van der Waals surface area contributed by atoms with E-state index in [0.29, 0.717) is 12.6 Å². The lowest BCUT2D eigenvalue weighted by Crippen LogP contribution is -2.44. The fourth-order valence-electron chi connectivity index (χ4n) is 2.87. The molecule has 0 spiro atoms. The molecule has 2 fully saturated rings. The van der Waals surface area contributed by atoms with Crippen LogP contribution in [-0.4, -0.2) is 67.0 Å². The second-order valence-electron chi connectivity index (χ2n) is 5.99. The van der Waals surface area contributed by atoms with E-state index in [1.165, 1.54) is 17.7 Å². The molecule has 0 unspecified atom stereocenters. The van der Waals surface area contributed by atoms with Gasteiger partial charge in [0.15, 0.2) is 0 Å². The van der Waals surface area contributed by atoms with Crippen LogP contribution in [0.25, 0.3) is 0 Å². The van der Waals surface area contributed by atoms with Crippen LogP contribution in [0, 0.1) is 5.92 Å². The maximum absolute atomic E-state index is 11.6. The normalized spacial score (nSPS) is 21.1. The van der Waals surface area contributed by atoms with E-state index in [9.17, 15) is 9.59 Å². The third-order valence-electron chi connectivity index (χ3n) is 4.23. The molecule has 0 aromatic heterocycles. The molecule has 0 atom stereocenters. The van der Waals surface area contributed by atoms with Crippen molar-refractivity contribution in [1.29, 1.82) is 0 Å². The van der Waals surface area contributed by atoms with Gasteiger partial charge in [0.05, 0.1) is 6.54 Å². The van der Waals surface area contributed by atoms with Crippen LogP contribution in [0.15, 0.2) is 0 Å². The van der Waals surface area contributed by atoms with Crippen LogP contribution in [-0.2, 0) is 4.79 Å². The third kappa shape index (κ3) is 3.93. The molecule has 2 rings (SSSR count). The first kappa shape index (κ1) is 15.3. The van der Waals surface area contributed by atoms with Gasteiger partial charge in [-0.15, -0.1) is 0 Å². The van der Waals surface area contributed by atoms with Crippen molar-refractivity contribution in [2.45, 2.75) is 32.7 Å². The van der Waals surface area contributed by atoms with E-state index < -0.39 is 0 Å². The Kier molecular flexibility index (Phi) is 5.37. The van der Waals surface area contributed by atoms with E-state index in [2.05, 4.69) is 29.4 Å². The SMILES string of the molecule is CC(C)N(CCN1C(=O)CNC1=O)CC1CCNCC1. The lowest BCUT2D eigenvalue weighted by molar-refractivity contribution is -0.125. The molecule has 0 aromatic rings. The summed E-state index contributed by atoms with van der Waals surface area (Å²) in [4.78, 5) is 26.8. The van der Waals surface area contributed by atoms with Gasteiger partial charge in [0.25, 0.3) is 0 Å². The van der Waals surface area contributed by atoms with Crippen LogP contribution in [0.3, 0.4) is 0 Å². The molecular formula is C14H26N4O2. The molecule has 2 saturated heterocycles. The maximum atomic E-state index is 11.6. The second kappa shape index (κ2) is 7.04. The highest BCUT2D eigenvalue weighted by Crippen LogP contribution is 2.15. The maximum Gasteiger partial charge on any atom is 0.324 e. The standard InChI is InChI=1S/C14H26N4O2/c1-11(2)17(10-12-3-5-15-6-4-12)7-8-18-13(19)9-16-14(18)20/h11-12,15H,3-10H2,1-2H3,(H,16,20). The predicted molar refractivity (Wildman–Crippen MR) is 77.4 cm³/mol. The summed E-state index contributed by atoms with van der Waals surface area (Å²) in [7, 11) is 0. The number of nitrogens with zero attached hydrogens (tertiary/aromatic N) is 2. The Balaban J connectivity index is 1.82. The van der Waals surface area contributed by atoms with E-state index in [4.69, 9.17) is 0 Å². The quantitative estimate of drug-likeness (QED) is 0.685. The van der Waals surface area contributed by atoms with E-state index in [1.54, 1.807) is 0 Å². The first-order valence-corrected chi connectivity index (χ1v) is 7.61. The van der Waals surface area contributed by atoms with Gasteiger partial charge in [-0.25, -0.2) is 4.79 Å². The molecule has 0 saturated carbocycles. The fourth-order valence-corrected chi connectivity index (χ4v) is 2.87. The molecule has 2 aliphatic rings. The average molecular weight is 282 g/mol. The summed E-state index contributed by atoms with van der Waals surface area (Å²) < 4.78 is 0. The van der Waals surface area contributed by atoms with E-state index in [1.807, 2.05) is 0 Å². The summed E-state index contributed by atoms with van der Waals surface area (Å²) in [6.45, 7) is 9.01. The van der Waals surface area contributed by atoms with Crippen molar-refractivity contribution >= 4 is 11.9 Å². The van der Waals surface area contributed by atoms with Crippen LogP contribution in [0.2, 0.25) is 0 Å². The van der Waals surface area contributed by atoms with Crippen molar-refractivity contribution in [3.05, 3.63) is 0 Å². The van der Waals surface area contributed by atoms with Crippen LogP contribution >= 0.6 is 0 Å². The molecule has 2 aliphatic heterocycles. The fraction of sp³-hybridized carbons (Fsp3) is 0.857. The predicted octanol–water partition coefficient (Wildman–Crippen LogP) is 0.248. The molecule has 0 aromatic carbocycles. The highest BCUT2D eigenvalue weighted by molar-refractivity contribution is 6.01. The van der Waals surface area contributed by atoms with Gasteiger partial charge in [0.2, 0.25) is 5.91 Å². The first-order valence-electron chi connectivity index (χ1n) is 7.61. The van der Waals surface area contributed by atoms with Crippen molar-refractivity contribution in [3.8, 4) is 0 Å². The van der Waals surface area contributed by atoms with Gasteiger partial charge in [0.1, 0.15) is 0 Å². The number of amides is 3. The zero-order chi connectivity index (χ0) is 14.5. The second-order valence-corrected chi connectivity index (χ2v) is 5.99. The van der Waals surface area contributed by atoms with Crippen molar-refractivity contribution in [2.75, 3.05) is 39.3 Å². The summed E-state index contributed by atoms with van der Waals surface area (Å²) in [6.07, 6.45) is 2.43. The number of carbonyl (C=O) groups is 2. The Morgan fingerprint density at radius 1 is 1.30 bits per heavy atom. The minimum atomic E-state index is -0.249. The van der Waals surface area contributed by atoms with Crippen molar-refractivity contribution in [3.63, 3.8) is 0 Å². The first-order chi connectivity index (χ1) is 9.58. The lowest BCUT2D eigenvalue weighted by atomic mass is 9.97. The van der Waals surface area contributed by atoms with Crippen LogP contribution < -0.4 is 10.6 Å². The Morgan fingerprint density at radius 3 is 2.55 bits per heavy atom. The smallest absolute Gasteiger partial charge is 0.324 e. The molecule has 2 heterocycles. The number of imide groups is 1.